The Balaban J connectivity index is 1.79. The van der Waals surface area contributed by atoms with E-state index in [-0.39, 0.29) is 24.7 Å². The van der Waals surface area contributed by atoms with Gasteiger partial charge in [0, 0.05) is 24.3 Å². The lowest BCUT2D eigenvalue weighted by Crippen LogP contribution is -2.27. The summed E-state index contributed by atoms with van der Waals surface area (Å²) in [5.41, 5.74) is 2.41. The molecule has 0 radical (unpaired) electrons. The van der Waals surface area contributed by atoms with Gasteiger partial charge >= 0.3 is 5.97 Å². The van der Waals surface area contributed by atoms with Crippen LogP contribution in [0.2, 0.25) is 0 Å². The Morgan fingerprint density at radius 1 is 0.962 bits per heavy atom. The Hall–Kier alpha value is -3.02. The Bertz CT molecular complexity index is 811. The summed E-state index contributed by atoms with van der Waals surface area (Å²) >= 11 is 0. The Morgan fingerprint density at radius 3 is 2.23 bits per heavy atom. The van der Waals surface area contributed by atoms with Gasteiger partial charge in [0.15, 0.2) is 5.70 Å². The number of anilines is 1. The van der Waals surface area contributed by atoms with Gasteiger partial charge in [0.25, 0.3) is 0 Å². The largest absolute Gasteiger partial charge is 0.402 e. The Labute approximate surface area is 150 Å². The molecule has 134 valence electrons. The second-order valence-electron chi connectivity index (χ2n) is 5.66. The van der Waals surface area contributed by atoms with E-state index in [1.165, 1.54) is 0 Å². The fraction of sp³-hybridized carbons (Fsp3) is 0.200. The number of rotatable bonds is 7. The molecular formula is C20H18F2N2O2. The van der Waals surface area contributed by atoms with Crippen LogP contribution in [0.3, 0.4) is 0 Å². The molecule has 4 nitrogen and oxygen atoms in total. The summed E-state index contributed by atoms with van der Waals surface area (Å²) in [4.78, 5) is 17.9. The third-order valence-corrected chi connectivity index (χ3v) is 3.91. The standard InChI is InChI=1S/C20H18F2N2O2/c21-10-12-24(13-11-22)17-8-6-15(7-9-17)14-18-20(25)26-19(23-18)16-4-2-1-3-5-16/h1-9,14H,10-13H2/b18-14+. The maximum absolute atomic E-state index is 12.6. The summed E-state index contributed by atoms with van der Waals surface area (Å²) in [6.07, 6.45) is 1.62. The molecule has 0 aromatic heterocycles. The molecule has 6 heteroatoms. The van der Waals surface area contributed by atoms with Gasteiger partial charge < -0.3 is 9.64 Å². The molecule has 1 aliphatic rings. The number of aliphatic imine (C=N–C) groups is 1. The highest BCUT2D eigenvalue weighted by Crippen LogP contribution is 2.21. The molecule has 0 N–H and O–H groups in total. The van der Waals surface area contributed by atoms with Gasteiger partial charge in [0.1, 0.15) is 13.3 Å². The van der Waals surface area contributed by atoms with Crippen LogP contribution in [0, 0.1) is 0 Å². The van der Waals surface area contributed by atoms with Crippen LogP contribution < -0.4 is 4.90 Å². The molecule has 2 aromatic rings. The van der Waals surface area contributed by atoms with Crippen molar-refractivity contribution in [1.29, 1.82) is 0 Å². The van der Waals surface area contributed by atoms with E-state index in [9.17, 15) is 13.6 Å². The van der Waals surface area contributed by atoms with Crippen LogP contribution in [0.25, 0.3) is 6.08 Å². The van der Waals surface area contributed by atoms with Crippen molar-refractivity contribution < 1.29 is 18.3 Å². The van der Waals surface area contributed by atoms with E-state index in [1.54, 1.807) is 35.2 Å². The summed E-state index contributed by atoms with van der Waals surface area (Å²) in [5.74, 6) is -0.236. The fourth-order valence-corrected chi connectivity index (χ4v) is 2.63. The van der Waals surface area contributed by atoms with Gasteiger partial charge in [0.05, 0.1) is 0 Å². The van der Waals surface area contributed by atoms with E-state index in [0.717, 1.165) is 16.8 Å². The van der Waals surface area contributed by atoms with E-state index in [2.05, 4.69) is 4.99 Å². The zero-order chi connectivity index (χ0) is 18.4. The van der Waals surface area contributed by atoms with Crippen molar-refractivity contribution in [2.24, 2.45) is 4.99 Å². The molecule has 1 aliphatic heterocycles. The van der Waals surface area contributed by atoms with Crippen LogP contribution in [0.4, 0.5) is 14.5 Å². The lowest BCUT2D eigenvalue weighted by Gasteiger charge is -2.22. The minimum absolute atomic E-state index is 0.140. The monoisotopic (exact) mass is 356 g/mol. The summed E-state index contributed by atoms with van der Waals surface area (Å²) in [6.45, 7) is -0.813. The van der Waals surface area contributed by atoms with E-state index in [0.29, 0.717) is 0 Å². The zero-order valence-corrected chi connectivity index (χ0v) is 14.1. The number of ether oxygens (including phenoxy) is 1. The van der Waals surface area contributed by atoms with Crippen LogP contribution in [0.15, 0.2) is 65.3 Å². The quantitative estimate of drug-likeness (QED) is 0.560. The highest BCUT2D eigenvalue weighted by atomic mass is 19.1. The van der Waals surface area contributed by atoms with Gasteiger partial charge in [-0.1, -0.05) is 30.3 Å². The van der Waals surface area contributed by atoms with Crippen molar-refractivity contribution in [2.75, 3.05) is 31.3 Å². The predicted molar refractivity (Wildman–Crippen MR) is 97.7 cm³/mol. The molecule has 1 heterocycles. The number of cyclic esters (lactones) is 1. The number of hydrogen-bond acceptors (Lipinski definition) is 4. The minimum atomic E-state index is -0.547. The molecule has 0 amide bonds. The average molecular weight is 356 g/mol. The molecule has 0 aliphatic carbocycles. The topological polar surface area (TPSA) is 41.9 Å². The number of benzene rings is 2. The minimum Gasteiger partial charge on any atom is -0.402 e. The molecule has 0 spiro atoms. The molecule has 26 heavy (non-hydrogen) atoms. The maximum atomic E-state index is 12.6. The number of halogens is 2. The van der Waals surface area contributed by atoms with Crippen LogP contribution in [0.5, 0.6) is 0 Å². The third-order valence-electron chi connectivity index (χ3n) is 3.91. The van der Waals surface area contributed by atoms with E-state index >= 15 is 0 Å². The van der Waals surface area contributed by atoms with Crippen molar-refractivity contribution >= 4 is 23.6 Å². The smallest absolute Gasteiger partial charge is 0.363 e. The summed E-state index contributed by atoms with van der Waals surface area (Å²) in [7, 11) is 0. The number of esters is 1. The van der Waals surface area contributed by atoms with Crippen molar-refractivity contribution in [3.05, 3.63) is 71.4 Å². The lowest BCUT2D eigenvalue weighted by atomic mass is 10.1. The number of hydrogen-bond donors (Lipinski definition) is 0. The summed E-state index contributed by atoms with van der Waals surface area (Å²) in [6, 6.07) is 16.2. The number of alkyl halides is 2. The molecule has 2 aromatic carbocycles. The molecule has 0 bridgehead atoms. The second kappa shape index (κ2) is 8.38. The molecule has 0 atom stereocenters. The van der Waals surface area contributed by atoms with E-state index < -0.39 is 19.3 Å². The number of carbonyl (C=O) groups excluding carboxylic acids is 1. The number of nitrogens with zero attached hydrogens (tertiary/aromatic N) is 2. The van der Waals surface area contributed by atoms with Crippen LogP contribution in [-0.4, -0.2) is 38.3 Å². The predicted octanol–water partition coefficient (Wildman–Crippen LogP) is 3.78. The highest BCUT2D eigenvalue weighted by molar-refractivity contribution is 6.12. The lowest BCUT2D eigenvalue weighted by molar-refractivity contribution is -0.129. The third kappa shape index (κ3) is 4.14. The molecule has 0 saturated heterocycles. The first-order valence-corrected chi connectivity index (χ1v) is 8.26. The Kier molecular flexibility index (Phi) is 5.73. The summed E-state index contributed by atoms with van der Waals surface area (Å²) < 4.78 is 30.4. The molecule has 3 rings (SSSR count). The Morgan fingerprint density at radius 2 is 1.62 bits per heavy atom. The molecular weight excluding hydrogens is 338 g/mol. The van der Waals surface area contributed by atoms with Crippen LogP contribution in [0.1, 0.15) is 11.1 Å². The van der Waals surface area contributed by atoms with Gasteiger partial charge in [-0.3, -0.25) is 0 Å². The van der Waals surface area contributed by atoms with Gasteiger partial charge in [-0.05, 0) is 35.9 Å². The SMILES string of the molecule is O=C1OC(c2ccccc2)=N/C1=C/c1ccc(N(CCF)CCF)cc1. The van der Waals surface area contributed by atoms with Crippen LogP contribution >= 0.6 is 0 Å². The zero-order valence-electron chi connectivity index (χ0n) is 14.1. The molecule has 0 fully saturated rings. The highest BCUT2D eigenvalue weighted by Gasteiger charge is 2.23. The van der Waals surface area contributed by atoms with Gasteiger partial charge in [-0.2, -0.15) is 0 Å². The normalized spacial score (nSPS) is 15.1. The fourth-order valence-electron chi connectivity index (χ4n) is 2.63. The van der Waals surface area contributed by atoms with E-state index in [1.807, 2.05) is 30.3 Å². The van der Waals surface area contributed by atoms with Crippen molar-refractivity contribution in [1.82, 2.24) is 0 Å². The second-order valence-corrected chi connectivity index (χ2v) is 5.66. The molecule has 0 saturated carbocycles. The first-order valence-electron chi connectivity index (χ1n) is 8.26. The van der Waals surface area contributed by atoms with Gasteiger partial charge in [-0.15, -0.1) is 0 Å². The average Bonchev–Trinajstić information content (AvgIpc) is 3.03. The first kappa shape index (κ1) is 17.8. The van der Waals surface area contributed by atoms with Crippen LogP contribution in [-0.2, 0) is 9.53 Å². The van der Waals surface area contributed by atoms with Gasteiger partial charge in [0.2, 0.25) is 5.90 Å². The maximum Gasteiger partial charge on any atom is 0.363 e. The van der Waals surface area contributed by atoms with Crippen molar-refractivity contribution in [2.45, 2.75) is 0 Å². The van der Waals surface area contributed by atoms with Gasteiger partial charge in [-0.25, -0.2) is 18.6 Å². The summed E-state index contributed by atoms with van der Waals surface area (Å²) in [5, 5.41) is 0. The number of carbonyl (C=O) groups is 1. The van der Waals surface area contributed by atoms with Crippen molar-refractivity contribution in [3.8, 4) is 0 Å². The van der Waals surface area contributed by atoms with Crippen molar-refractivity contribution in [3.63, 3.8) is 0 Å². The molecule has 0 unspecified atom stereocenters. The van der Waals surface area contributed by atoms with E-state index in [4.69, 9.17) is 4.74 Å². The first-order chi connectivity index (χ1) is 12.7.